The second-order valence-electron chi connectivity index (χ2n) is 5.80. The number of hydrogen-bond acceptors (Lipinski definition) is 3. The minimum absolute atomic E-state index is 0.664. The first-order valence-corrected chi connectivity index (χ1v) is 8.01. The van der Waals surface area contributed by atoms with Crippen molar-refractivity contribution in [1.29, 1.82) is 0 Å². The molecule has 0 unspecified atom stereocenters. The van der Waals surface area contributed by atoms with Crippen LogP contribution in [0, 0.1) is 0 Å². The maximum Gasteiger partial charge on any atom is 0.252 e. The SMILES string of the molecule is C[n+]1ccc(-n2nc(-c3cccc[n+]3C)nc2-c2ccccn2)cc1. The quantitative estimate of drug-likeness (QED) is 0.537. The molecule has 0 radical (unpaired) electrons. The molecule has 4 aromatic rings. The third-order valence-electron chi connectivity index (χ3n) is 3.99. The van der Waals surface area contributed by atoms with E-state index in [1.165, 1.54) is 0 Å². The monoisotopic (exact) mass is 330 g/mol. The maximum atomic E-state index is 4.77. The molecule has 122 valence electrons. The van der Waals surface area contributed by atoms with Crippen molar-refractivity contribution in [1.82, 2.24) is 19.7 Å². The first kappa shape index (κ1) is 15.1. The fourth-order valence-corrected chi connectivity index (χ4v) is 2.65. The van der Waals surface area contributed by atoms with Gasteiger partial charge in [0.2, 0.25) is 5.82 Å². The molecule has 0 saturated heterocycles. The zero-order valence-corrected chi connectivity index (χ0v) is 14.1. The number of rotatable bonds is 3. The van der Waals surface area contributed by atoms with Crippen molar-refractivity contribution in [3.8, 4) is 28.7 Å². The van der Waals surface area contributed by atoms with Crippen molar-refractivity contribution in [2.75, 3.05) is 0 Å². The van der Waals surface area contributed by atoms with E-state index in [1.54, 1.807) is 6.20 Å². The highest BCUT2D eigenvalue weighted by Crippen LogP contribution is 2.22. The topological polar surface area (TPSA) is 51.4 Å². The van der Waals surface area contributed by atoms with Crippen molar-refractivity contribution >= 4 is 0 Å². The van der Waals surface area contributed by atoms with Gasteiger partial charge in [0.15, 0.2) is 24.4 Å². The standard InChI is InChI=1S/C19H18N6/c1-23-13-9-15(10-14-23)25-19(16-7-3-5-11-20-16)21-18(22-25)17-8-4-6-12-24(17)2/h3-14H,1-2H3/q+2. The molecule has 0 N–H and O–H groups in total. The third-order valence-corrected chi connectivity index (χ3v) is 3.99. The summed E-state index contributed by atoms with van der Waals surface area (Å²) in [5.41, 5.74) is 2.67. The van der Waals surface area contributed by atoms with Crippen LogP contribution in [0.15, 0.2) is 73.3 Å². The van der Waals surface area contributed by atoms with Crippen LogP contribution in [-0.2, 0) is 14.1 Å². The van der Waals surface area contributed by atoms with E-state index in [1.807, 2.05) is 95.0 Å². The van der Waals surface area contributed by atoms with Gasteiger partial charge in [0.1, 0.15) is 19.8 Å². The molecule has 0 fully saturated rings. The zero-order valence-electron chi connectivity index (χ0n) is 14.1. The minimum Gasteiger partial charge on any atom is -0.253 e. The molecule has 6 heteroatoms. The van der Waals surface area contributed by atoms with Crippen LogP contribution in [-0.4, -0.2) is 19.7 Å². The summed E-state index contributed by atoms with van der Waals surface area (Å²) in [6.45, 7) is 0. The second kappa shape index (κ2) is 6.24. The summed E-state index contributed by atoms with van der Waals surface area (Å²) in [6.07, 6.45) is 7.73. The summed E-state index contributed by atoms with van der Waals surface area (Å²) in [6, 6.07) is 15.8. The number of pyridine rings is 3. The van der Waals surface area contributed by atoms with E-state index in [-0.39, 0.29) is 0 Å². The normalized spacial score (nSPS) is 10.8. The summed E-state index contributed by atoms with van der Waals surface area (Å²) in [5, 5.41) is 4.75. The summed E-state index contributed by atoms with van der Waals surface area (Å²) < 4.78 is 5.83. The number of hydrogen-bond donors (Lipinski definition) is 0. The molecular weight excluding hydrogens is 312 g/mol. The van der Waals surface area contributed by atoms with E-state index in [9.17, 15) is 0 Å². The van der Waals surface area contributed by atoms with Gasteiger partial charge in [-0.3, -0.25) is 4.98 Å². The molecule has 0 aliphatic heterocycles. The molecule has 0 bridgehead atoms. The largest absolute Gasteiger partial charge is 0.253 e. The van der Waals surface area contributed by atoms with Gasteiger partial charge in [-0.1, -0.05) is 6.07 Å². The van der Waals surface area contributed by atoms with Crippen molar-refractivity contribution < 1.29 is 9.13 Å². The van der Waals surface area contributed by atoms with Crippen molar-refractivity contribution in [3.63, 3.8) is 0 Å². The van der Waals surface area contributed by atoms with Crippen LogP contribution in [0.4, 0.5) is 0 Å². The lowest BCUT2D eigenvalue weighted by Gasteiger charge is -2.03. The lowest BCUT2D eigenvalue weighted by molar-refractivity contribution is -0.671. The first-order chi connectivity index (χ1) is 12.2. The molecule has 6 nitrogen and oxygen atoms in total. The fraction of sp³-hybridized carbons (Fsp3) is 0.105. The molecule has 4 aromatic heterocycles. The summed E-state index contributed by atoms with van der Waals surface area (Å²) >= 11 is 0. The maximum absolute atomic E-state index is 4.77. The van der Waals surface area contributed by atoms with Crippen molar-refractivity contribution in [3.05, 3.63) is 73.3 Å². The third kappa shape index (κ3) is 2.89. The van der Waals surface area contributed by atoms with Gasteiger partial charge in [-0.05, 0) is 18.2 Å². The molecule has 0 spiro atoms. The highest BCUT2D eigenvalue weighted by Gasteiger charge is 2.20. The average molecular weight is 330 g/mol. The fourth-order valence-electron chi connectivity index (χ4n) is 2.65. The van der Waals surface area contributed by atoms with Crippen LogP contribution in [0.1, 0.15) is 0 Å². The lowest BCUT2D eigenvalue weighted by Crippen LogP contribution is -2.30. The number of nitrogens with zero attached hydrogens (tertiary/aromatic N) is 6. The van der Waals surface area contributed by atoms with E-state index in [0.717, 1.165) is 17.1 Å². The highest BCUT2D eigenvalue weighted by molar-refractivity contribution is 5.57. The molecule has 0 saturated carbocycles. The van der Waals surface area contributed by atoms with Gasteiger partial charge in [0.05, 0.1) is 5.69 Å². The van der Waals surface area contributed by atoms with E-state index in [4.69, 9.17) is 10.1 Å². The smallest absolute Gasteiger partial charge is 0.252 e. The van der Waals surface area contributed by atoms with Crippen LogP contribution >= 0.6 is 0 Å². The summed E-state index contributed by atoms with van der Waals surface area (Å²) in [5.74, 6) is 1.38. The van der Waals surface area contributed by atoms with Gasteiger partial charge in [0.25, 0.3) is 5.69 Å². The molecular formula is C19H18N6+2. The molecule has 0 atom stereocenters. The van der Waals surface area contributed by atoms with Crippen molar-refractivity contribution in [2.45, 2.75) is 0 Å². The predicted octanol–water partition coefficient (Wildman–Crippen LogP) is 1.65. The Bertz CT molecular complexity index is 1010. The molecule has 4 rings (SSSR count). The Labute approximate surface area is 145 Å². The molecule has 4 heterocycles. The van der Waals surface area contributed by atoms with Gasteiger partial charge in [-0.2, -0.15) is 9.55 Å². The van der Waals surface area contributed by atoms with E-state index >= 15 is 0 Å². The van der Waals surface area contributed by atoms with Crippen LogP contribution in [0.3, 0.4) is 0 Å². The molecule has 0 aliphatic carbocycles. The predicted molar refractivity (Wildman–Crippen MR) is 92.4 cm³/mol. The van der Waals surface area contributed by atoms with Crippen molar-refractivity contribution in [2.24, 2.45) is 14.1 Å². The number of aryl methyl sites for hydroxylation is 2. The molecule has 0 amide bonds. The first-order valence-electron chi connectivity index (χ1n) is 8.01. The number of aromatic nitrogens is 6. The minimum atomic E-state index is 0.664. The molecule has 25 heavy (non-hydrogen) atoms. The van der Waals surface area contributed by atoms with Gasteiger partial charge in [0, 0.05) is 30.5 Å². The van der Waals surface area contributed by atoms with Gasteiger partial charge in [-0.25, -0.2) is 9.25 Å². The van der Waals surface area contributed by atoms with E-state index in [2.05, 4.69) is 4.98 Å². The molecule has 0 aromatic carbocycles. The Balaban J connectivity index is 1.92. The Morgan fingerprint density at radius 2 is 1.68 bits per heavy atom. The Hall–Kier alpha value is -3.41. The second-order valence-corrected chi connectivity index (χ2v) is 5.80. The summed E-state index contributed by atoms with van der Waals surface area (Å²) in [7, 11) is 3.97. The lowest BCUT2D eigenvalue weighted by atomic mass is 10.3. The van der Waals surface area contributed by atoms with Crippen LogP contribution < -0.4 is 9.13 Å². The Morgan fingerprint density at radius 3 is 2.40 bits per heavy atom. The summed E-state index contributed by atoms with van der Waals surface area (Å²) in [4.78, 5) is 9.22. The average Bonchev–Trinajstić information content (AvgIpc) is 3.08. The van der Waals surface area contributed by atoms with E-state index < -0.39 is 0 Å². The van der Waals surface area contributed by atoms with Crippen LogP contribution in [0.25, 0.3) is 28.7 Å². The highest BCUT2D eigenvalue weighted by atomic mass is 15.4. The zero-order chi connectivity index (χ0) is 17.2. The van der Waals surface area contributed by atoms with Gasteiger partial charge in [-0.15, -0.1) is 5.10 Å². The van der Waals surface area contributed by atoms with Crippen LogP contribution in [0.5, 0.6) is 0 Å². The Morgan fingerprint density at radius 1 is 0.880 bits per heavy atom. The Kier molecular flexibility index (Phi) is 3.78. The van der Waals surface area contributed by atoms with Gasteiger partial charge >= 0.3 is 0 Å². The molecule has 0 aliphatic rings. The van der Waals surface area contributed by atoms with Crippen LogP contribution in [0.2, 0.25) is 0 Å². The van der Waals surface area contributed by atoms with E-state index in [0.29, 0.717) is 11.6 Å². The van der Waals surface area contributed by atoms with Gasteiger partial charge < -0.3 is 0 Å².